The molecular formula is C32H40FN3O2. The lowest BCUT2D eigenvalue weighted by Gasteiger charge is -2.47. The largest absolute Gasteiger partial charge is 0.497 e. The summed E-state index contributed by atoms with van der Waals surface area (Å²) in [7, 11) is 1.69. The Labute approximate surface area is 226 Å². The molecule has 0 aromatic heterocycles. The van der Waals surface area contributed by atoms with Gasteiger partial charge in [0, 0.05) is 55.9 Å². The van der Waals surface area contributed by atoms with E-state index in [1.54, 1.807) is 13.2 Å². The molecule has 1 fully saturated rings. The number of piperazine rings is 1. The summed E-state index contributed by atoms with van der Waals surface area (Å²) in [4.78, 5) is 19.7. The van der Waals surface area contributed by atoms with Gasteiger partial charge >= 0.3 is 0 Å². The van der Waals surface area contributed by atoms with Gasteiger partial charge < -0.3 is 9.64 Å². The van der Waals surface area contributed by atoms with Gasteiger partial charge in [-0.3, -0.25) is 14.6 Å². The Morgan fingerprint density at radius 1 is 0.947 bits per heavy atom. The average molecular weight is 518 g/mol. The maximum absolute atomic E-state index is 14.4. The predicted octanol–water partition coefficient (Wildman–Crippen LogP) is 6.00. The second kappa shape index (κ2) is 12.5. The molecule has 0 saturated carbocycles. The van der Waals surface area contributed by atoms with Crippen LogP contribution in [0.5, 0.6) is 5.75 Å². The van der Waals surface area contributed by atoms with Crippen molar-refractivity contribution in [2.24, 2.45) is 0 Å². The highest BCUT2D eigenvalue weighted by Gasteiger charge is 2.35. The highest BCUT2D eigenvalue weighted by atomic mass is 19.1. The van der Waals surface area contributed by atoms with E-state index in [1.807, 2.05) is 55.1 Å². The highest BCUT2D eigenvalue weighted by molar-refractivity contribution is 5.94. The SMILES string of the molecule is CCN(CC)C(=O)c1ccc([C@H](c2cccc(OC)c2)N2C[C@@H](C)N(Cc3ccccc3F)C[C@H]2C)cc1. The lowest BCUT2D eigenvalue weighted by Crippen LogP contribution is -2.56. The molecular weight excluding hydrogens is 477 g/mol. The molecule has 1 aliphatic rings. The number of carbonyl (C=O) groups excluding carboxylic acids is 1. The fourth-order valence-corrected chi connectivity index (χ4v) is 5.54. The molecule has 6 heteroatoms. The van der Waals surface area contributed by atoms with Crippen LogP contribution in [-0.2, 0) is 6.54 Å². The first kappa shape index (κ1) is 27.8. The van der Waals surface area contributed by atoms with Crippen LogP contribution in [0.15, 0.2) is 72.8 Å². The Morgan fingerprint density at radius 3 is 2.32 bits per heavy atom. The molecule has 202 valence electrons. The molecule has 0 bridgehead atoms. The zero-order valence-electron chi connectivity index (χ0n) is 23.2. The van der Waals surface area contributed by atoms with Crippen molar-refractivity contribution in [2.75, 3.05) is 33.3 Å². The summed E-state index contributed by atoms with van der Waals surface area (Å²) in [6.07, 6.45) is 0. The molecule has 38 heavy (non-hydrogen) atoms. The second-order valence-electron chi connectivity index (χ2n) is 10.2. The fourth-order valence-electron chi connectivity index (χ4n) is 5.54. The molecule has 0 radical (unpaired) electrons. The van der Waals surface area contributed by atoms with Gasteiger partial charge in [0.05, 0.1) is 13.2 Å². The Hall–Kier alpha value is -3.22. The summed E-state index contributed by atoms with van der Waals surface area (Å²) < 4.78 is 20.0. The van der Waals surface area contributed by atoms with Crippen molar-refractivity contribution in [3.8, 4) is 5.75 Å². The summed E-state index contributed by atoms with van der Waals surface area (Å²) >= 11 is 0. The molecule has 1 aliphatic heterocycles. The molecule has 0 aliphatic carbocycles. The second-order valence-corrected chi connectivity index (χ2v) is 10.2. The molecule has 5 nitrogen and oxygen atoms in total. The van der Waals surface area contributed by atoms with Crippen molar-refractivity contribution < 1.29 is 13.9 Å². The number of methoxy groups -OCH3 is 1. The van der Waals surface area contributed by atoms with Crippen LogP contribution in [-0.4, -0.2) is 66.0 Å². The maximum Gasteiger partial charge on any atom is 0.253 e. The Bertz CT molecular complexity index is 1210. The maximum atomic E-state index is 14.4. The number of benzene rings is 3. The van der Waals surface area contributed by atoms with Crippen molar-refractivity contribution in [2.45, 2.75) is 52.4 Å². The van der Waals surface area contributed by atoms with Gasteiger partial charge in [-0.15, -0.1) is 0 Å². The molecule has 3 atom stereocenters. The summed E-state index contributed by atoms with van der Waals surface area (Å²) in [5, 5.41) is 0. The van der Waals surface area contributed by atoms with E-state index in [0.717, 1.165) is 35.5 Å². The third kappa shape index (κ3) is 6.08. The van der Waals surface area contributed by atoms with Gasteiger partial charge in [-0.25, -0.2) is 4.39 Å². The smallest absolute Gasteiger partial charge is 0.253 e. The summed E-state index contributed by atoms with van der Waals surface area (Å²) in [5.74, 6) is 0.728. The number of rotatable bonds is 9. The topological polar surface area (TPSA) is 36.0 Å². The first-order valence-corrected chi connectivity index (χ1v) is 13.6. The first-order valence-electron chi connectivity index (χ1n) is 13.6. The quantitative estimate of drug-likeness (QED) is 0.349. The number of amides is 1. The third-order valence-electron chi connectivity index (χ3n) is 7.76. The van der Waals surface area contributed by atoms with E-state index in [0.29, 0.717) is 25.2 Å². The van der Waals surface area contributed by atoms with E-state index in [1.165, 1.54) is 6.07 Å². The van der Waals surface area contributed by atoms with Crippen LogP contribution >= 0.6 is 0 Å². The van der Waals surface area contributed by atoms with E-state index in [-0.39, 0.29) is 29.8 Å². The number of halogens is 1. The Kier molecular flexibility index (Phi) is 9.18. The van der Waals surface area contributed by atoms with Crippen molar-refractivity contribution >= 4 is 5.91 Å². The normalized spacial score (nSPS) is 19.2. The summed E-state index contributed by atoms with van der Waals surface area (Å²) in [6.45, 7) is 12.1. The van der Waals surface area contributed by atoms with Crippen molar-refractivity contribution in [3.63, 3.8) is 0 Å². The van der Waals surface area contributed by atoms with E-state index in [2.05, 4.69) is 47.9 Å². The van der Waals surface area contributed by atoms with Gasteiger partial charge in [0.25, 0.3) is 5.91 Å². The number of carbonyl (C=O) groups is 1. The molecule has 0 unspecified atom stereocenters. The van der Waals surface area contributed by atoms with Gasteiger partial charge in [-0.05, 0) is 69.2 Å². The zero-order chi connectivity index (χ0) is 27.2. The van der Waals surface area contributed by atoms with Crippen molar-refractivity contribution in [1.82, 2.24) is 14.7 Å². The van der Waals surface area contributed by atoms with E-state index < -0.39 is 0 Å². The van der Waals surface area contributed by atoms with Crippen LogP contribution in [0.3, 0.4) is 0 Å². The number of nitrogens with zero attached hydrogens (tertiary/aromatic N) is 3. The lowest BCUT2D eigenvalue weighted by molar-refractivity contribution is 0.0190. The van der Waals surface area contributed by atoms with Gasteiger partial charge in [0.15, 0.2) is 0 Å². The van der Waals surface area contributed by atoms with Crippen LogP contribution in [0.1, 0.15) is 60.8 Å². The van der Waals surface area contributed by atoms with Gasteiger partial charge in [0.2, 0.25) is 0 Å². The van der Waals surface area contributed by atoms with Crippen molar-refractivity contribution in [3.05, 3.63) is 101 Å². The molecule has 1 saturated heterocycles. The molecule has 0 spiro atoms. The highest BCUT2D eigenvalue weighted by Crippen LogP contribution is 2.35. The number of ether oxygens (including phenoxy) is 1. The minimum Gasteiger partial charge on any atom is -0.497 e. The molecule has 1 amide bonds. The molecule has 3 aromatic carbocycles. The predicted molar refractivity (Wildman–Crippen MR) is 151 cm³/mol. The van der Waals surface area contributed by atoms with Gasteiger partial charge in [0.1, 0.15) is 11.6 Å². The minimum absolute atomic E-state index is 0.00392. The monoisotopic (exact) mass is 517 g/mol. The fraction of sp³-hybridized carbons (Fsp3) is 0.406. The van der Waals surface area contributed by atoms with Crippen molar-refractivity contribution in [1.29, 1.82) is 0 Å². The Morgan fingerprint density at radius 2 is 1.66 bits per heavy atom. The third-order valence-corrected chi connectivity index (χ3v) is 7.76. The van der Waals surface area contributed by atoms with Crippen LogP contribution in [0.4, 0.5) is 4.39 Å². The molecule has 0 N–H and O–H groups in total. The number of hydrogen-bond donors (Lipinski definition) is 0. The zero-order valence-corrected chi connectivity index (χ0v) is 23.2. The van der Waals surface area contributed by atoms with Crippen LogP contribution in [0.2, 0.25) is 0 Å². The minimum atomic E-state index is -0.150. The average Bonchev–Trinajstić information content (AvgIpc) is 2.93. The van der Waals surface area contributed by atoms with Gasteiger partial charge in [-0.2, -0.15) is 0 Å². The summed E-state index contributed by atoms with van der Waals surface area (Å²) in [6, 6.07) is 23.8. The van der Waals surface area contributed by atoms with E-state index in [9.17, 15) is 9.18 Å². The molecule has 4 rings (SSSR count). The lowest BCUT2D eigenvalue weighted by atomic mass is 9.92. The summed E-state index contributed by atoms with van der Waals surface area (Å²) in [5.41, 5.74) is 3.72. The Balaban J connectivity index is 1.64. The first-order chi connectivity index (χ1) is 18.4. The number of hydrogen-bond acceptors (Lipinski definition) is 4. The van der Waals surface area contributed by atoms with Crippen LogP contribution < -0.4 is 4.74 Å². The van der Waals surface area contributed by atoms with Crippen LogP contribution in [0, 0.1) is 5.82 Å². The van der Waals surface area contributed by atoms with E-state index >= 15 is 0 Å². The molecule has 3 aromatic rings. The van der Waals surface area contributed by atoms with Crippen LogP contribution in [0.25, 0.3) is 0 Å². The molecule has 1 heterocycles. The van der Waals surface area contributed by atoms with E-state index in [4.69, 9.17) is 4.74 Å². The standard InChI is InChI=1S/C32H40FN3O2/c1-6-34(7-2)32(37)26-17-15-25(16-18-26)31(27-12-10-13-29(19-27)38-5)36-21-23(3)35(20-24(36)4)22-28-11-8-9-14-30(28)33/h8-19,23-24,31H,6-7,20-22H2,1-5H3/t23-,24-,31-/m1/s1. The van der Waals surface area contributed by atoms with Gasteiger partial charge in [-0.1, -0.05) is 42.5 Å².